The second kappa shape index (κ2) is 6.72. The first-order valence-corrected chi connectivity index (χ1v) is 8.89. The molecule has 120 valence electrons. The van der Waals surface area contributed by atoms with Gasteiger partial charge in [0.2, 0.25) is 0 Å². The fourth-order valence-electron chi connectivity index (χ4n) is 2.27. The highest BCUT2D eigenvalue weighted by Gasteiger charge is 2.38. The molecule has 0 atom stereocenters. The Morgan fingerprint density at radius 3 is 2.52 bits per heavy atom. The van der Waals surface area contributed by atoms with Gasteiger partial charge in [-0.3, -0.25) is 4.90 Å². The first kappa shape index (κ1) is 16.0. The molecule has 0 unspecified atom stereocenters. The third-order valence-corrected chi connectivity index (χ3v) is 5.39. The van der Waals surface area contributed by atoms with Gasteiger partial charge in [0, 0.05) is 10.3 Å². The monoisotopic (exact) mass is 349 g/mol. The number of para-hydroxylation sites is 1. The summed E-state index contributed by atoms with van der Waals surface area (Å²) in [5.74, 6) is -0.780. The predicted molar refractivity (Wildman–Crippen MR) is 90.7 cm³/mol. The summed E-state index contributed by atoms with van der Waals surface area (Å²) in [6.07, 6.45) is 0. The zero-order valence-electron chi connectivity index (χ0n) is 12.7. The van der Waals surface area contributed by atoms with Crippen molar-refractivity contribution in [3.63, 3.8) is 0 Å². The average molecular weight is 349 g/mol. The molecule has 23 heavy (non-hydrogen) atoms. The van der Waals surface area contributed by atoms with Crippen molar-refractivity contribution in [2.45, 2.75) is 18.7 Å². The van der Waals surface area contributed by atoms with Crippen molar-refractivity contribution in [3.8, 4) is 0 Å². The largest absolute Gasteiger partial charge is 0.462 e. The number of carbonyl (C=O) groups excluding carboxylic acids is 2. The van der Waals surface area contributed by atoms with E-state index >= 15 is 0 Å². The summed E-state index contributed by atoms with van der Waals surface area (Å²) >= 11 is 2.70. The highest BCUT2D eigenvalue weighted by molar-refractivity contribution is 8.09. The summed E-state index contributed by atoms with van der Waals surface area (Å²) < 4.78 is 10.3. The van der Waals surface area contributed by atoms with Crippen molar-refractivity contribution >= 4 is 41.1 Å². The second-order valence-electron chi connectivity index (χ2n) is 4.60. The first-order chi connectivity index (χ1) is 11.2. The van der Waals surface area contributed by atoms with Crippen LogP contribution in [0.2, 0.25) is 0 Å². The van der Waals surface area contributed by atoms with E-state index in [9.17, 15) is 9.59 Å². The fraction of sp³-hybridized carbons (Fsp3) is 0.250. The third kappa shape index (κ3) is 2.86. The maximum atomic E-state index is 12.3. The molecule has 3 rings (SSSR count). The lowest BCUT2D eigenvalue weighted by Gasteiger charge is -2.29. The summed E-state index contributed by atoms with van der Waals surface area (Å²) in [6, 6.07) is 7.64. The van der Waals surface area contributed by atoms with Crippen LogP contribution in [0, 0.1) is 0 Å². The van der Waals surface area contributed by atoms with Gasteiger partial charge in [0.05, 0.1) is 18.9 Å². The molecule has 0 aliphatic carbocycles. The Balaban J connectivity index is 2.06. The molecule has 2 heterocycles. The van der Waals surface area contributed by atoms with E-state index < -0.39 is 5.97 Å². The number of esters is 2. The SMILES string of the molecule is CCOC(=O)C1=CSC2=C(C(=O)OCC)Sc3ccccc3N12. The van der Waals surface area contributed by atoms with Crippen LogP contribution < -0.4 is 4.90 Å². The van der Waals surface area contributed by atoms with Gasteiger partial charge in [0.15, 0.2) is 0 Å². The van der Waals surface area contributed by atoms with Crippen LogP contribution >= 0.6 is 23.5 Å². The standard InChI is InChI=1S/C16H15NO4S2/c1-3-20-15(18)11-9-22-14-13(16(19)21-4-2)23-12-8-6-5-7-10(12)17(11)14/h5-9H,3-4H2,1-2H3. The van der Waals surface area contributed by atoms with Crippen LogP contribution in [-0.2, 0) is 19.1 Å². The van der Waals surface area contributed by atoms with E-state index in [1.807, 2.05) is 24.3 Å². The molecule has 0 bridgehead atoms. The van der Waals surface area contributed by atoms with Crippen LogP contribution in [0.4, 0.5) is 5.69 Å². The summed E-state index contributed by atoms with van der Waals surface area (Å²) in [7, 11) is 0. The molecule has 2 aliphatic heterocycles. The van der Waals surface area contributed by atoms with Crippen LogP contribution in [0.1, 0.15) is 13.8 Å². The molecule has 0 radical (unpaired) electrons. The topological polar surface area (TPSA) is 55.8 Å². The number of benzene rings is 1. The van der Waals surface area contributed by atoms with E-state index in [1.165, 1.54) is 23.5 Å². The van der Waals surface area contributed by atoms with Gasteiger partial charge in [-0.05, 0) is 26.0 Å². The van der Waals surface area contributed by atoms with Gasteiger partial charge in [0.25, 0.3) is 0 Å². The first-order valence-electron chi connectivity index (χ1n) is 7.19. The molecule has 0 aromatic heterocycles. The zero-order valence-corrected chi connectivity index (χ0v) is 14.3. The molecule has 1 aromatic carbocycles. The Kier molecular flexibility index (Phi) is 4.68. The smallest absolute Gasteiger partial charge is 0.355 e. The lowest BCUT2D eigenvalue weighted by atomic mass is 10.2. The number of thioether (sulfide) groups is 2. The number of carbonyl (C=O) groups is 2. The highest BCUT2D eigenvalue weighted by atomic mass is 32.2. The van der Waals surface area contributed by atoms with Crippen molar-refractivity contribution in [1.82, 2.24) is 0 Å². The van der Waals surface area contributed by atoms with E-state index in [1.54, 1.807) is 24.2 Å². The zero-order chi connectivity index (χ0) is 16.4. The highest BCUT2D eigenvalue weighted by Crippen LogP contribution is 2.52. The number of hydrogen-bond acceptors (Lipinski definition) is 7. The van der Waals surface area contributed by atoms with E-state index in [-0.39, 0.29) is 5.97 Å². The minimum atomic E-state index is -0.403. The predicted octanol–water partition coefficient (Wildman–Crippen LogP) is 3.48. The Bertz CT molecular complexity index is 727. The molecule has 7 heteroatoms. The van der Waals surface area contributed by atoms with Gasteiger partial charge < -0.3 is 9.47 Å². The lowest BCUT2D eigenvalue weighted by Crippen LogP contribution is -2.28. The summed E-state index contributed by atoms with van der Waals surface area (Å²) in [6.45, 7) is 4.14. The van der Waals surface area contributed by atoms with Crippen molar-refractivity contribution in [3.05, 3.63) is 45.3 Å². The number of fused-ring (bicyclic) bond motifs is 3. The number of hydrogen-bond donors (Lipinski definition) is 0. The quantitative estimate of drug-likeness (QED) is 0.771. The van der Waals surface area contributed by atoms with E-state index in [0.717, 1.165) is 10.6 Å². The van der Waals surface area contributed by atoms with Crippen molar-refractivity contribution in [2.75, 3.05) is 18.1 Å². The van der Waals surface area contributed by atoms with Crippen molar-refractivity contribution in [2.24, 2.45) is 0 Å². The molecule has 5 nitrogen and oxygen atoms in total. The van der Waals surface area contributed by atoms with Gasteiger partial charge in [-0.15, -0.1) is 0 Å². The number of rotatable bonds is 4. The summed E-state index contributed by atoms with van der Waals surface area (Å²) in [5, 5.41) is 2.41. The molecule has 1 aromatic rings. The lowest BCUT2D eigenvalue weighted by molar-refractivity contribution is -0.139. The molecular formula is C16H15NO4S2. The average Bonchev–Trinajstić information content (AvgIpc) is 3.00. The number of anilines is 1. The van der Waals surface area contributed by atoms with Gasteiger partial charge >= 0.3 is 11.9 Å². The van der Waals surface area contributed by atoms with Crippen LogP contribution in [0.3, 0.4) is 0 Å². The molecule has 0 fully saturated rings. The number of ether oxygens (including phenoxy) is 2. The summed E-state index contributed by atoms with van der Waals surface area (Å²) in [5.41, 5.74) is 1.28. The van der Waals surface area contributed by atoms with Crippen LogP contribution in [0.15, 0.2) is 50.2 Å². The molecule has 0 N–H and O–H groups in total. The Morgan fingerprint density at radius 2 is 1.78 bits per heavy atom. The molecular weight excluding hydrogens is 334 g/mol. The molecule has 2 aliphatic rings. The van der Waals surface area contributed by atoms with E-state index in [2.05, 4.69) is 0 Å². The molecule has 0 saturated carbocycles. The van der Waals surface area contributed by atoms with Crippen LogP contribution in [0.25, 0.3) is 0 Å². The normalized spacial score (nSPS) is 15.7. The van der Waals surface area contributed by atoms with Crippen LogP contribution in [-0.4, -0.2) is 25.2 Å². The van der Waals surface area contributed by atoms with Gasteiger partial charge in [-0.1, -0.05) is 35.7 Å². The van der Waals surface area contributed by atoms with Gasteiger partial charge in [-0.2, -0.15) is 0 Å². The summed E-state index contributed by atoms with van der Waals surface area (Å²) in [4.78, 5) is 27.7. The van der Waals surface area contributed by atoms with Crippen molar-refractivity contribution < 1.29 is 19.1 Å². The number of nitrogens with zero attached hydrogens (tertiary/aromatic N) is 1. The maximum absolute atomic E-state index is 12.3. The van der Waals surface area contributed by atoms with Crippen molar-refractivity contribution in [1.29, 1.82) is 0 Å². The van der Waals surface area contributed by atoms with E-state index in [0.29, 0.717) is 28.8 Å². The maximum Gasteiger partial charge on any atom is 0.355 e. The van der Waals surface area contributed by atoms with Gasteiger partial charge in [-0.25, -0.2) is 9.59 Å². The third-order valence-electron chi connectivity index (χ3n) is 3.18. The minimum absolute atomic E-state index is 0.300. The van der Waals surface area contributed by atoms with E-state index in [4.69, 9.17) is 9.47 Å². The Hall–Kier alpha value is -1.86. The Labute approximate surface area is 142 Å². The van der Waals surface area contributed by atoms with Gasteiger partial charge in [0.1, 0.15) is 15.6 Å². The second-order valence-corrected chi connectivity index (χ2v) is 6.51. The van der Waals surface area contributed by atoms with Crippen LogP contribution in [0.5, 0.6) is 0 Å². The fourth-order valence-corrected chi connectivity index (χ4v) is 4.41. The molecule has 0 saturated heterocycles. The molecule has 0 amide bonds. The molecule has 0 spiro atoms. The minimum Gasteiger partial charge on any atom is -0.462 e. The Morgan fingerprint density at radius 1 is 1.09 bits per heavy atom.